The maximum absolute atomic E-state index is 9.66. The summed E-state index contributed by atoms with van der Waals surface area (Å²) in [5.41, 5.74) is 0. The van der Waals surface area contributed by atoms with Crippen LogP contribution in [0.2, 0.25) is 0 Å². The van der Waals surface area contributed by atoms with Crippen LogP contribution in [-0.4, -0.2) is 42.4 Å². The minimum Gasteiger partial charge on any atom is -0.550 e. The minimum atomic E-state index is -1.08. The lowest BCUT2D eigenvalue weighted by molar-refractivity contribution is -0.934. The molecule has 0 bridgehead atoms. The van der Waals surface area contributed by atoms with Crippen molar-refractivity contribution in [2.45, 2.75) is 117 Å². The van der Waals surface area contributed by atoms with E-state index in [-0.39, 0.29) is 6.23 Å². The third-order valence-electron chi connectivity index (χ3n) is 5.10. The first-order chi connectivity index (χ1) is 12.2. The fraction of sp³-hybridized carbons (Fsp3) is 0.955. The number of rotatable bonds is 16. The van der Waals surface area contributed by atoms with Gasteiger partial charge in [-0.05, 0) is 19.8 Å². The summed E-state index contributed by atoms with van der Waals surface area (Å²) in [4.78, 5) is 8.89. The van der Waals surface area contributed by atoms with Crippen molar-refractivity contribution < 1.29 is 19.5 Å². The fourth-order valence-corrected chi connectivity index (χ4v) is 2.90. The highest BCUT2D eigenvalue weighted by molar-refractivity contribution is 5.60. The van der Waals surface area contributed by atoms with Gasteiger partial charge in [0.05, 0.1) is 20.6 Å². The molecule has 1 atom stereocenters. The lowest BCUT2D eigenvalue weighted by atomic mass is 10.0. The van der Waals surface area contributed by atoms with Gasteiger partial charge in [-0.25, -0.2) is 0 Å². The van der Waals surface area contributed by atoms with E-state index in [9.17, 15) is 5.11 Å². The summed E-state index contributed by atoms with van der Waals surface area (Å²) in [5.74, 6) is -1.08. The molecule has 1 N–H and O–H groups in total. The number of hydrogen-bond acceptors (Lipinski definition) is 3. The number of quaternary nitrogens is 1. The molecule has 0 aliphatic carbocycles. The predicted molar refractivity (Wildman–Crippen MR) is 110 cm³/mol. The third-order valence-corrected chi connectivity index (χ3v) is 5.10. The number of aliphatic hydroxyl groups is 1. The van der Waals surface area contributed by atoms with Crippen LogP contribution in [0.25, 0.3) is 0 Å². The highest BCUT2D eigenvalue weighted by Gasteiger charge is 2.20. The van der Waals surface area contributed by atoms with Crippen molar-refractivity contribution in [3.8, 4) is 0 Å². The smallest absolute Gasteiger partial charge is 0.187 e. The summed E-state index contributed by atoms with van der Waals surface area (Å²) in [6, 6.07) is 0. The molecule has 158 valence electrons. The molecule has 0 heterocycles. The molecule has 0 aliphatic rings. The van der Waals surface area contributed by atoms with Crippen LogP contribution in [0.4, 0.5) is 0 Å². The van der Waals surface area contributed by atoms with Gasteiger partial charge in [0.1, 0.15) is 0 Å². The average molecular weight is 374 g/mol. The maximum Gasteiger partial charge on any atom is 0.187 e. The molecular formula is C22H47NO3. The Morgan fingerprint density at radius 3 is 1.35 bits per heavy atom. The largest absolute Gasteiger partial charge is 0.550 e. The number of nitrogens with zero attached hydrogens (tertiary/aromatic N) is 1. The summed E-state index contributed by atoms with van der Waals surface area (Å²) >= 11 is 0. The standard InChI is InChI=1S/C20H44NO.C2H4O2/c1-5-6-7-8-9-10-11-12-13-14-15-16-17-18-19-21(3,4)20(2)22;1-2(3)4/h20,22H,5-19H2,1-4H3;1H3,(H,3,4)/q+1;/p-1. The highest BCUT2D eigenvalue weighted by Crippen LogP contribution is 2.14. The molecule has 0 aliphatic heterocycles. The first-order valence-electron chi connectivity index (χ1n) is 10.9. The van der Waals surface area contributed by atoms with E-state index in [1.54, 1.807) is 0 Å². The Hall–Kier alpha value is -0.610. The highest BCUT2D eigenvalue weighted by atomic mass is 16.4. The quantitative estimate of drug-likeness (QED) is 0.244. The zero-order valence-electron chi connectivity index (χ0n) is 18.4. The zero-order chi connectivity index (χ0) is 20.3. The Morgan fingerprint density at radius 2 is 1.08 bits per heavy atom. The van der Waals surface area contributed by atoms with E-state index in [1.807, 2.05) is 6.92 Å². The van der Waals surface area contributed by atoms with Crippen molar-refractivity contribution in [3.05, 3.63) is 0 Å². The van der Waals surface area contributed by atoms with E-state index in [4.69, 9.17) is 9.90 Å². The normalized spacial score (nSPS) is 12.4. The van der Waals surface area contributed by atoms with Crippen molar-refractivity contribution in [2.75, 3.05) is 20.6 Å². The van der Waals surface area contributed by atoms with Crippen LogP contribution in [0.5, 0.6) is 0 Å². The van der Waals surface area contributed by atoms with Crippen molar-refractivity contribution >= 4 is 5.97 Å². The van der Waals surface area contributed by atoms with Gasteiger partial charge >= 0.3 is 0 Å². The summed E-state index contributed by atoms with van der Waals surface area (Å²) in [5, 5.41) is 18.5. The van der Waals surface area contributed by atoms with Crippen molar-refractivity contribution in [3.63, 3.8) is 0 Å². The molecule has 26 heavy (non-hydrogen) atoms. The van der Waals surface area contributed by atoms with E-state index >= 15 is 0 Å². The fourth-order valence-electron chi connectivity index (χ4n) is 2.90. The molecule has 0 fully saturated rings. The maximum atomic E-state index is 9.66. The number of carbonyl (C=O) groups is 1. The number of carboxylic acids is 1. The Bertz CT molecular complexity index is 300. The second kappa shape index (κ2) is 19.2. The zero-order valence-corrected chi connectivity index (χ0v) is 18.4. The van der Waals surface area contributed by atoms with Gasteiger partial charge in [0.2, 0.25) is 0 Å². The van der Waals surface area contributed by atoms with Crippen molar-refractivity contribution in [1.82, 2.24) is 0 Å². The van der Waals surface area contributed by atoms with Gasteiger partial charge in [-0.3, -0.25) is 0 Å². The monoisotopic (exact) mass is 373 g/mol. The van der Waals surface area contributed by atoms with Crippen LogP contribution < -0.4 is 5.11 Å². The van der Waals surface area contributed by atoms with Gasteiger partial charge in [-0.2, -0.15) is 0 Å². The topological polar surface area (TPSA) is 60.4 Å². The van der Waals surface area contributed by atoms with E-state index in [2.05, 4.69) is 21.0 Å². The lowest BCUT2D eigenvalue weighted by Gasteiger charge is -2.32. The molecule has 1 unspecified atom stereocenters. The number of unbranched alkanes of at least 4 members (excludes halogenated alkanes) is 13. The SMILES string of the molecule is CC(=O)[O-].CCCCCCCCCCCCCCCC[N+](C)(C)C(C)O. The molecule has 0 aromatic rings. The summed E-state index contributed by atoms with van der Waals surface area (Å²) in [6.45, 7) is 6.24. The lowest BCUT2D eigenvalue weighted by Crippen LogP contribution is -2.47. The first-order valence-corrected chi connectivity index (χ1v) is 10.9. The summed E-state index contributed by atoms with van der Waals surface area (Å²) in [7, 11) is 4.24. The van der Waals surface area contributed by atoms with E-state index in [0.29, 0.717) is 0 Å². The molecule has 0 rings (SSSR count). The molecule has 0 radical (unpaired) electrons. The number of carboxylic acid groups (broad SMARTS) is 1. The molecular weight excluding hydrogens is 326 g/mol. The summed E-state index contributed by atoms with van der Waals surface area (Å²) < 4.78 is 0.734. The van der Waals surface area contributed by atoms with Gasteiger partial charge in [-0.15, -0.1) is 0 Å². The van der Waals surface area contributed by atoms with Crippen molar-refractivity contribution in [1.29, 1.82) is 0 Å². The first kappa shape index (κ1) is 27.6. The van der Waals surface area contributed by atoms with Crippen LogP contribution in [0.1, 0.15) is 111 Å². The second-order valence-electron chi connectivity index (χ2n) is 8.22. The molecule has 0 aromatic carbocycles. The summed E-state index contributed by atoms with van der Waals surface area (Å²) in [6.07, 6.45) is 19.4. The van der Waals surface area contributed by atoms with Gasteiger partial charge < -0.3 is 19.5 Å². The molecule has 0 amide bonds. The van der Waals surface area contributed by atoms with E-state index in [1.165, 1.54) is 89.9 Å². The third kappa shape index (κ3) is 23.4. The number of aliphatic carboxylic acids is 1. The Kier molecular flexibility index (Phi) is 20.3. The number of aliphatic hydroxyl groups excluding tert-OH is 1. The van der Waals surface area contributed by atoms with Gasteiger partial charge in [-0.1, -0.05) is 84.0 Å². The average Bonchev–Trinajstić information content (AvgIpc) is 2.54. The molecule has 4 nitrogen and oxygen atoms in total. The Balaban J connectivity index is 0. The molecule has 0 saturated carbocycles. The van der Waals surface area contributed by atoms with Crippen LogP contribution in [0, 0.1) is 0 Å². The molecule has 0 saturated heterocycles. The van der Waals surface area contributed by atoms with Gasteiger partial charge in [0.15, 0.2) is 6.23 Å². The van der Waals surface area contributed by atoms with E-state index < -0.39 is 5.97 Å². The Morgan fingerprint density at radius 1 is 0.808 bits per heavy atom. The molecule has 4 heteroatoms. The van der Waals surface area contributed by atoms with Crippen LogP contribution >= 0.6 is 0 Å². The molecule has 0 spiro atoms. The van der Waals surface area contributed by atoms with Crippen LogP contribution in [-0.2, 0) is 4.79 Å². The van der Waals surface area contributed by atoms with Gasteiger partial charge in [0.25, 0.3) is 0 Å². The molecule has 0 aromatic heterocycles. The second-order valence-corrected chi connectivity index (χ2v) is 8.22. The minimum absolute atomic E-state index is 0.248. The predicted octanol–water partition coefficient (Wildman–Crippen LogP) is 4.64. The van der Waals surface area contributed by atoms with E-state index in [0.717, 1.165) is 18.0 Å². The van der Waals surface area contributed by atoms with Crippen LogP contribution in [0.15, 0.2) is 0 Å². The number of carbonyl (C=O) groups excluding carboxylic acids is 1. The number of hydrogen-bond donors (Lipinski definition) is 1. The van der Waals surface area contributed by atoms with Crippen molar-refractivity contribution in [2.24, 2.45) is 0 Å². The van der Waals surface area contributed by atoms with Gasteiger partial charge in [0, 0.05) is 12.9 Å². The van der Waals surface area contributed by atoms with Crippen LogP contribution in [0.3, 0.4) is 0 Å². The Labute approximate surface area is 163 Å².